The maximum Gasteiger partial charge on any atom is 0.0505 e. The lowest BCUT2D eigenvalue weighted by Gasteiger charge is -2.16. The molecule has 0 radical (unpaired) electrons. The summed E-state index contributed by atoms with van der Waals surface area (Å²) in [6.07, 6.45) is 2.27. The molecule has 1 atom stereocenters. The predicted molar refractivity (Wildman–Crippen MR) is 68.7 cm³/mol. The monoisotopic (exact) mass is 221 g/mol. The minimum absolute atomic E-state index is 0.568. The molecule has 1 rings (SSSR count). The molecule has 0 saturated heterocycles. The molecule has 0 aliphatic rings. The van der Waals surface area contributed by atoms with Crippen molar-refractivity contribution in [2.75, 3.05) is 26.8 Å². The third kappa shape index (κ3) is 5.29. The van der Waals surface area contributed by atoms with Crippen LogP contribution in [-0.4, -0.2) is 26.8 Å². The third-order valence-electron chi connectivity index (χ3n) is 2.63. The van der Waals surface area contributed by atoms with Crippen LogP contribution < -0.4 is 5.32 Å². The lowest BCUT2D eigenvalue weighted by atomic mass is 10.00. The molecule has 0 bridgehead atoms. The van der Waals surface area contributed by atoms with E-state index < -0.39 is 0 Å². The van der Waals surface area contributed by atoms with Crippen LogP contribution in [0.15, 0.2) is 30.3 Å². The van der Waals surface area contributed by atoms with Gasteiger partial charge in [0.1, 0.15) is 0 Å². The first kappa shape index (κ1) is 13.2. The fraction of sp³-hybridized carbons (Fsp3) is 0.571. The Labute approximate surface area is 99.0 Å². The quantitative estimate of drug-likeness (QED) is 0.681. The van der Waals surface area contributed by atoms with Crippen molar-refractivity contribution < 1.29 is 4.74 Å². The largest absolute Gasteiger partial charge is 0.384 e. The van der Waals surface area contributed by atoms with E-state index in [0.29, 0.717) is 5.92 Å². The Kier molecular flexibility index (Phi) is 6.86. The van der Waals surface area contributed by atoms with Gasteiger partial charge in [-0.25, -0.2) is 0 Å². The van der Waals surface area contributed by atoms with Crippen LogP contribution in [0.3, 0.4) is 0 Å². The molecule has 0 fully saturated rings. The number of nitrogens with one attached hydrogen (secondary N) is 1. The second-order valence-electron chi connectivity index (χ2n) is 4.22. The molecule has 0 heterocycles. The number of hydrogen-bond donors (Lipinski definition) is 1. The molecule has 0 saturated carbocycles. The molecule has 1 aromatic carbocycles. The minimum Gasteiger partial charge on any atom is -0.384 e. The average Bonchev–Trinajstić information content (AvgIpc) is 2.31. The van der Waals surface area contributed by atoms with Gasteiger partial charge in [-0.15, -0.1) is 0 Å². The summed E-state index contributed by atoms with van der Waals surface area (Å²) >= 11 is 0. The van der Waals surface area contributed by atoms with Gasteiger partial charge in [-0.2, -0.15) is 0 Å². The molecule has 1 unspecified atom stereocenters. The highest BCUT2D eigenvalue weighted by Crippen LogP contribution is 2.08. The van der Waals surface area contributed by atoms with Gasteiger partial charge in [-0.3, -0.25) is 0 Å². The maximum absolute atomic E-state index is 5.27. The van der Waals surface area contributed by atoms with Crippen molar-refractivity contribution in [1.29, 1.82) is 0 Å². The molecular weight excluding hydrogens is 198 g/mol. The van der Waals surface area contributed by atoms with Gasteiger partial charge in [0.2, 0.25) is 0 Å². The minimum atomic E-state index is 0.568. The SMILES string of the molecule is CCCNCC(COC)Cc1ccccc1. The summed E-state index contributed by atoms with van der Waals surface area (Å²) in [5.41, 5.74) is 1.39. The van der Waals surface area contributed by atoms with E-state index in [4.69, 9.17) is 4.74 Å². The van der Waals surface area contributed by atoms with Gasteiger partial charge in [0.05, 0.1) is 6.61 Å². The molecular formula is C14H23NO. The van der Waals surface area contributed by atoms with Crippen molar-refractivity contribution in [3.05, 3.63) is 35.9 Å². The lowest BCUT2D eigenvalue weighted by molar-refractivity contribution is 0.151. The molecule has 1 aromatic rings. The lowest BCUT2D eigenvalue weighted by Crippen LogP contribution is -2.27. The average molecular weight is 221 g/mol. The summed E-state index contributed by atoms with van der Waals surface area (Å²) in [4.78, 5) is 0. The van der Waals surface area contributed by atoms with Crippen LogP contribution in [0.1, 0.15) is 18.9 Å². The fourth-order valence-corrected chi connectivity index (χ4v) is 1.86. The van der Waals surface area contributed by atoms with Crippen molar-refractivity contribution >= 4 is 0 Å². The van der Waals surface area contributed by atoms with E-state index in [0.717, 1.165) is 26.1 Å². The van der Waals surface area contributed by atoms with Crippen molar-refractivity contribution in [1.82, 2.24) is 5.32 Å². The molecule has 2 heteroatoms. The molecule has 1 N–H and O–H groups in total. The van der Waals surface area contributed by atoms with Gasteiger partial charge in [-0.05, 0) is 30.9 Å². The normalized spacial score (nSPS) is 12.6. The second kappa shape index (κ2) is 8.31. The van der Waals surface area contributed by atoms with Crippen molar-refractivity contribution in [3.8, 4) is 0 Å². The molecule has 90 valence electrons. The van der Waals surface area contributed by atoms with E-state index in [9.17, 15) is 0 Å². The Bertz CT molecular complexity index is 261. The van der Waals surface area contributed by atoms with Gasteiger partial charge in [0.25, 0.3) is 0 Å². The Morgan fingerprint density at radius 1 is 1.25 bits per heavy atom. The maximum atomic E-state index is 5.27. The van der Waals surface area contributed by atoms with Crippen LogP contribution >= 0.6 is 0 Å². The van der Waals surface area contributed by atoms with Crippen molar-refractivity contribution in [2.45, 2.75) is 19.8 Å². The fourth-order valence-electron chi connectivity index (χ4n) is 1.86. The number of methoxy groups -OCH3 is 1. The number of ether oxygens (including phenoxy) is 1. The topological polar surface area (TPSA) is 21.3 Å². The summed E-state index contributed by atoms with van der Waals surface area (Å²) in [5, 5.41) is 3.46. The van der Waals surface area contributed by atoms with Crippen LogP contribution in [0.4, 0.5) is 0 Å². The molecule has 0 aromatic heterocycles. The highest BCUT2D eigenvalue weighted by molar-refractivity contribution is 5.15. The molecule has 0 spiro atoms. The zero-order chi connectivity index (χ0) is 11.6. The van der Waals surface area contributed by atoms with Crippen LogP contribution in [-0.2, 0) is 11.2 Å². The van der Waals surface area contributed by atoms with Gasteiger partial charge in [-0.1, -0.05) is 37.3 Å². The van der Waals surface area contributed by atoms with E-state index in [1.807, 2.05) is 0 Å². The van der Waals surface area contributed by atoms with Gasteiger partial charge >= 0.3 is 0 Å². The van der Waals surface area contributed by atoms with Crippen molar-refractivity contribution in [3.63, 3.8) is 0 Å². The smallest absolute Gasteiger partial charge is 0.0505 e. The van der Waals surface area contributed by atoms with Gasteiger partial charge in [0, 0.05) is 13.7 Å². The Morgan fingerprint density at radius 3 is 2.62 bits per heavy atom. The van der Waals surface area contributed by atoms with E-state index in [-0.39, 0.29) is 0 Å². The van der Waals surface area contributed by atoms with Crippen LogP contribution in [0.5, 0.6) is 0 Å². The number of hydrogen-bond acceptors (Lipinski definition) is 2. The summed E-state index contributed by atoms with van der Waals surface area (Å²) < 4.78 is 5.27. The summed E-state index contributed by atoms with van der Waals surface area (Å²) in [5.74, 6) is 0.568. The van der Waals surface area contributed by atoms with E-state index >= 15 is 0 Å². The number of benzene rings is 1. The molecule has 16 heavy (non-hydrogen) atoms. The molecule has 0 aliphatic heterocycles. The number of rotatable bonds is 8. The Balaban J connectivity index is 2.38. The van der Waals surface area contributed by atoms with Crippen molar-refractivity contribution in [2.24, 2.45) is 5.92 Å². The van der Waals surface area contributed by atoms with Crippen LogP contribution in [0.25, 0.3) is 0 Å². The third-order valence-corrected chi connectivity index (χ3v) is 2.63. The molecule has 0 aliphatic carbocycles. The highest BCUT2D eigenvalue weighted by Gasteiger charge is 2.08. The van der Waals surface area contributed by atoms with E-state index in [1.165, 1.54) is 12.0 Å². The summed E-state index contributed by atoms with van der Waals surface area (Å²) in [6.45, 7) is 5.15. The highest BCUT2D eigenvalue weighted by atomic mass is 16.5. The van der Waals surface area contributed by atoms with E-state index in [1.54, 1.807) is 7.11 Å². The first-order valence-corrected chi connectivity index (χ1v) is 6.10. The molecule has 2 nitrogen and oxygen atoms in total. The Morgan fingerprint density at radius 2 is 2.00 bits per heavy atom. The summed E-state index contributed by atoms with van der Waals surface area (Å²) in [7, 11) is 1.78. The summed E-state index contributed by atoms with van der Waals surface area (Å²) in [6, 6.07) is 10.6. The first-order valence-electron chi connectivity index (χ1n) is 6.10. The second-order valence-corrected chi connectivity index (χ2v) is 4.22. The zero-order valence-corrected chi connectivity index (χ0v) is 10.4. The first-order chi connectivity index (χ1) is 7.86. The standard InChI is InChI=1S/C14H23NO/c1-3-9-15-11-14(12-16-2)10-13-7-5-4-6-8-13/h4-8,14-15H,3,9-12H2,1-2H3. The van der Waals surface area contributed by atoms with Crippen LogP contribution in [0, 0.1) is 5.92 Å². The van der Waals surface area contributed by atoms with E-state index in [2.05, 4.69) is 42.6 Å². The Hall–Kier alpha value is -0.860. The van der Waals surface area contributed by atoms with Gasteiger partial charge < -0.3 is 10.1 Å². The van der Waals surface area contributed by atoms with Gasteiger partial charge in [0.15, 0.2) is 0 Å². The predicted octanol–water partition coefficient (Wildman–Crippen LogP) is 2.49. The molecule has 0 amide bonds. The zero-order valence-electron chi connectivity index (χ0n) is 10.4. The van der Waals surface area contributed by atoms with Crippen LogP contribution in [0.2, 0.25) is 0 Å².